The van der Waals surface area contributed by atoms with Gasteiger partial charge in [-0.05, 0) is 38.3 Å². The molecule has 27 heavy (non-hydrogen) atoms. The molecule has 0 aromatic carbocycles. The highest BCUT2D eigenvalue weighted by Crippen LogP contribution is 2.31. The largest absolute Gasteiger partial charge is 0.355 e. The Morgan fingerprint density at radius 3 is 3.00 bits per heavy atom. The lowest BCUT2D eigenvalue weighted by molar-refractivity contribution is 0.473. The van der Waals surface area contributed by atoms with Gasteiger partial charge in [0.15, 0.2) is 0 Å². The van der Waals surface area contributed by atoms with Crippen molar-refractivity contribution in [3.63, 3.8) is 0 Å². The zero-order valence-electron chi connectivity index (χ0n) is 15.6. The van der Waals surface area contributed by atoms with Crippen LogP contribution in [0.5, 0.6) is 0 Å². The van der Waals surface area contributed by atoms with Crippen molar-refractivity contribution >= 4 is 17.2 Å². The number of thiazole rings is 1. The van der Waals surface area contributed by atoms with Gasteiger partial charge in [0.2, 0.25) is 0 Å². The van der Waals surface area contributed by atoms with Crippen LogP contribution in [0, 0.1) is 25.2 Å². The average Bonchev–Trinajstić information content (AvgIpc) is 3.36. The molecule has 1 atom stereocenters. The molecule has 0 radical (unpaired) electrons. The third-order valence-corrected chi connectivity index (χ3v) is 5.85. The SMILES string of the molecule is Cc1cc(C#N)c(N2CCC[C@H](c3nccn3Cc3cscn3)C2)nc1C. The smallest absolute Gasteiger partial charge is 0.146 e. The monoisotopic (exact) mass is 378 g/mol. The van der Waals surface area contributed by atoms with Crippen molar-refractivity contribution in [3.05, 3.63) is 57.7 Å². The second-order valence-electron chi connectivity index (χ2n) is 7.05. The van der Waals surface area contributed by atoms with Crippen LogP contribution < -0.4 is 4.90 Å². The van der Waals surface area contributed by atoms with Gasteiger partial charge in [-0.1, -0.05) is 0 Å². The van der Waals surface area contributed by atoms with Gasteiger partial charge in [-0.25, -0.2) is 15.0 Å². The Morgan fingerprint density at radius 2 is 2.22 bits per heavy atom. The lowest BCUT2D eigenvalue weighted by Gasteiger charge is -2.34. The summed E-state index contributed by atoms with van der Waals surface area (Å²) in [5, 5.41) is 11.6. The molecule has 7 heteroatoms. The van der Waals surface area contributed by atoms with Gasteiger partial charge in [0.05, 0.1) is 23.3 Å². The molecule has 3 aromatic rings. The topological polar surface area (TPSA) is 70.6 Å². The summed E-state index contributed by atoms with van der Waals surface area (Å²) in [6.07, 6.45) is 6.06. The van der Waals surface area contributed by atoms with Crippen LogP contribution in [0.1, 0.15) is 47.1 Å². The molecular weight excluding hydrogens is 356 g/mol. The predicted octanol–water partition coefficient (Wildman–Crippen LogP) is 3.66. The normalized spacial score (nSPS) is 17.1. The fraction of sp³-hybridized carbons (Fsp3) is 0.400. The molecule has 0 saturated carbocycles. The van der Waals surface area contributed by atoms with E-state index in [1.807, 2.05) is 37.8 Å². The minimum Gasteiger partial charge on any atom is -0.355 e. The molecule has 0 spiro atoms. The van der Waals surface area contributed by atoms with Crippen LogP contribution >= 0.6 is 11.3 Å². The van der Waals surface area contributed by atoms with E-state index in [-0.39, 0.29) is 0 Å². The number of hydrogen-bond acceptors (Lipinski definition) is 6. The van der Waals surface area contributed by atoms with E-state index in [1.165, 1.54) is 0 Å². The number of nitriles is 1. The summed E-state index contributed by atoms with van der Waals surface area (Å²) in [5.74, 6) is 2.22. The molecule has 0 amide bonds. The van der Waals surface area contributed by atoms with Crippen molar-refractivity contribution in [2.24, 2.45) is 0 Å². The first kappa shape index (κ1) is 17.7. The molecule has 0 bridgehead atoms. The molecule has 4 heterocycles. The number of aryl methyl sites for hydroxylation is 2. The Bertz CT molecular complexity index is 969. The summed E-state index contributed by atoms with van der Waals surface area (Å²) in [5.41, 5.74) is 5.63. The highest BCUT2D eigenvalue weighted by molar-refractivity contribution is 7.07. The van der Waals surface area contributed by atoms with Gasteiger partial charge in [-0.15, -0.1) is 11.3 Å². The number of rotatable bonds is 4. The first-order valence-electron chi connectivity index (χ1n) is 9.17. The van der Waals surface area contributed by atoms with Gasteiger partial charge in [0, 0.05) is 42.5 Å². The zero-order chi connectivity index (χ0) is 18.8. The Morgan fingerprint density at radius 1 is 1.33 bits per heavy atom. The lowest BCUT2D eigenvalue weighted by atomic mass is 9.96. The van der Waals surface area contributed by atoms with E-state index in [4.69, 9.17) is 4.98 Å². The molecular formula is C20H22N6S. The summed E-state index contributed by atoms with van der Waals surface area (Å²) in [4.78, 5) is 16.0. The average molecular weight is 379 g/mol. The second-order valence-corrected chi connectivity index (χ2v) is 7.77. The fourth-order valence-electron chi connectivity index (χ4n) is 3.70. The Kier molecular flexibility index (Phi) is 4.90. The maximum atomic E-state index is 9.56. The molecule has 138 valence electrons. The second kappa shape index (κ2) is 7.49. The van der Waals surface area contributed by atoms with E-state index >= 15 is 0 Å². The number of piperidine rings is 1. The van der Waals surface area contributed by atoms with Crippen molar-refractivity contribution in [2.75, 3.05) is 18.0 Å². The van der Waals surface area contributed by atoms with Gasteiger partial charge in [-0.3, -0.25) is 0 Å². The van der Waals surface area contributed by atoms with Crippen LogP contribution in [-0.2, 0) is 6.54 Å². The van der Waals surface area contributed by atoms with Crippen LogP contribution in [0.3, 0.4) is 0 Å². The summed E-state index contributed by atoms with van der Waals surface area (Å²) < 4.78 is 2.20. The van der Waals surface area contributed by atoms with E-state index in [0.29, 0.717) is 11.5 Å². The number of hydrogen-bond donors (Lipinski definition) is 0. The van der Waals surface area contributed by atoms with Crippen LogP contribution in [0.2, 0.25) is 0 Å². The lowest BCUT2D eigenvalue weighted by Crippen LogP contribution is -2.36. The first-order chi connectivity index (χ1) is 13.2. The van der Waals surface area contributed by atoms with Crippen molar-refractivity contribution in [1.29, 1.82) is 5.26 Å². The molecule has 1 saturated heterocycles. The molecule has 1 aliphatic rings. The molecule has 0 aliphatic carbocycles. The molecule has 0 N–H and O–H groups in total. The number of imidazole rings is 1. The minimum absolute atomic E-state index is 0.322. The number of nitrogens with zero attached hydrogens (tertiary/aromatic N) is 6. The third kappa shape index (κ3) is 3.58. The Balaban J connectivity index is 1.59. The molecule has 6 nitrogen and oxygen atoms in total. The maximum Gasteiger partial charge on any atom is 0.146 e. The van der Waals surface area contributed by atoms with Crippen molar-refractivity contribution < 1.29 is 0 Å². The van der Waals surface area contributed by atoms with Gasteiger partial charge in [-0.2, -0.15) is 5.26 Å². The molecule has 4 rings (SSSR count). The Labute approximate surface area is 163 Å². The first-order valence-corrected chi connectivity index (χ1v) is 10.1. The summed E-state index contributed by atoms with van der Waals surface area (Å²) in [6.45, 7) is 6.51. The number of anilines is 1. The predicted molar refractivity (Wildman–Crippen MR) is 106 cm³/mol. The van der Waals surface area contributed by atoms with E-state index in [0.717, 1.165) is 61.1 Å². The minimum atomic E-state index is 0.322. The van der Waals surface area contributed by atoms with E-state index in [9.17, 15) is 5.26 Å². The summed E-state index contributed by atoms with van der Waals surface area (Å²) in [6, 6.07) is 4.27. The Hall–Kier alpha value is -2.72. The number of aromatic nitrogens is 4. The third-order valence-electron chi connectivity index (χ3n) is 5.22. The van der Waals surface area contributed by atoms with Crippen LogP contribution in [-0.4, -0.2) is 32.6 Å². The molecule has 1 fully saturated rings. The maximum absolute atomic E-state index is 9.56. The summed E-state index contributed by atoms with van der Waals surface area (Å²) in [7, 11) is 0. The van der Waals surface area contributed by atoms with E-state index < -0.39 is 0 Å². The molecule has 1 aliphatic heterocycles. The highest BCUT2D eigenvalue weighted by Gasteiger charge is 2.27. The molecule has 3 aromatic heterocycles. The number of pyridine rings is 1. The van der Waals surface area contributed by atoms with Gasteiger partial charge < -0.3 is 9.47 Å². The summed E-state index contributed by atoms with van der Waals surface area (Å²) >= 11 is 1.62. The van der Waals surface area contributed by atoms with Crippen molar-refractivity contribution in [2.45, 2.75) is 39.2 Å². The van der Waals surface area contributed by atoms with E-state index in [1.54, 1.807) is 11.3 Å². The van der Waals surface area contributed by atoms with Gasteiger partial charge in [0.25, 0.3) is 0 Å². The van der Waals surface area contributed by atoms with Crippen molar-refractivity contribution in [3.8, 4) is 6.07 Å². The van der Waals surface area contributed by atoms with Crippen molar-refractivity contribution in [1.82, 2.24) is 19.5 Å². The van der Waals surface area contributed by atoms with Crippen LogP contribution in [0.25, 0.3) is 0 Å². The standard InChI is InChI=1S/C20H22N6S/c1-14-8-17(9-21)20(24-15(14)2)25-6-3-4-16(10-25)19-22-5-7-26(19)11-18-12-27-13-23-18/h5,7-8,12-13,16H,3-4,6,10-11H2,1-2H3/t16-/m0/s1. The van der Waals surface area contributed by atoms with Crippen LogP contribution in [0.15, 0.2) is 29.4 Å². The molecule has 0 unspecified atom stereocenters. The quantitative estimate of drug-likeness (QED) is 0.693. The zero-order valence-corrected chi connectivity index (χ0v) is 16.4. The van der Waals surface area contributed by atoms with E-state index in [2.05, 4.69) is 30.9 Å². The van der Waals surface area contributed by atoms with Gasteiger partial charge >= 0.3 is 0 Å². The van der Waals surface area contributed by atoms with Gasteiger partial charge in [0.1, 0.15) is 17.7 Å². The highest BCUT2D eigenvalue weighted by atomic mass is 32.1. The van der Waals surface area contributed by atoms with Crippen LogP contribution in [0.4, 0.5) is 5.82 Å². The fourth-order valence-corrected chi connectivity index (χ4v) is 4.25.